The van der Waals surface area contributed by atoms with Crippen LogP contribution in [0.5, 0.6) is 5.88 Å². The van der Waals surface area contributed by atoms with E-state index in [0.717, 1.165) is 23.0 Å². The average molecular weight is 333 g/mol. The molecule has 2 aromatic heterocycles. The van der Waals surface area contributed by atoms with Gasteiger partial charge >= 0.3 is 0 Å². The molecule has 126 valence electrons. The van der Waals surface area contributed by atoms with E-state index in [1.807, 2.05) is 54.3 Å². The van der Waals surface area contributed by atoms with Crippen LogP contribution in [0.4, 0.5) is 0 Å². The van der Waals surface area contributed by atoms with Gasteiger partial charge in [-0.3, -0.25) is 9.78 Å². The van der Waals surface area contributed by atoms with Gasteiger partial charge in [0.15, 0.2) is 0 Å². The van der Waals surface area contributed by atoms with Crippen LogP contribution in [-0.2, 0) is 0 Å². The van der Waals surface area contributed by atoms with Crippen molar-refractivity contribution in [2.45, 2.75) is 19.4 Å². The van der Waals surface area contributed by atoms with Gasteiger partial charge < -0.3 is 9.64 Å². The number of pyridine rings is 2. The molecular weight excluding hydrogens is 314 g/mol. The summed E-state index contributed by atoms with van der Waals surface area (Å²) in [6.07, 6.45) is 2.47. The summed E-state index contributed by atoms with van der Waals surface area (Å²) in [5, 5.41) is 1.09. The quantitative estimate of drug-likeness (QED) is 0.738. The first-order chi connectivity index (χ1) is 12.2. The molecule has 0 unspecified atom stereocenters. The van der Waals surface area contributed by atoms with E-state index in [1.54, 1.807) is 12.3 Å². The summed E-state index contributed by atoms with van der Waals surface area (Å²) < 4.78 is 6.01. The number of carbonyl (C=O) groups excluding carboxylic acids is 1. The van der Waals surface area contributed by atoms with Gasteiger partial charge in [0, 0.05) is 36.3 Å². The number of ether oxygens (including phenoxy) is 1. The zero-order valence-corrected chi connectivity index (χ0v) is 14.1. The molecule has 0 spiro atoms. The maximum Gasteiger partial charge on any atom is 0.255 e. The summed E-state index contributed by atoms with van der Waals surface area (Å²) in [4.78, 5) is 23.2. The minimum absolute atomic E-state index is 0.0168. The fourth-order valence-electron chi connectivity index (χ4n) is 3.17. The van der Waals surface area contributed by atoms with E-state index in [-0.39, 0.29) is 12.0 Å². The van der Waals surface area contributed by atoms with Crippen molar-refractivity contribution in [1.29, 1.82) is 0 Å². The summed E-state index contributed by atoms with van der Waals surface area (Å²) in [6.45, 7) is 3.11. The largest absolute Gasteiger partial charge is 0.472 e. The van der Waals surface area contributed by atoms with Crippen LogP contribution in [0.25, 0.3) is 10.9 Å². The number of fused-ring (bicyclic) bond motifs is 1. The van der Waals surface area contributed by atoms with E-state index in [0.29, 0.717) is 24.5 Å². The van der Waals surface area contributed by atoms with E-state index in [2.05, 4.69) is 9.97 Å². The van der Waals surface area contributed by atoms with Gasteiger partial charge in [-0.1, -0.05) is 18.2 Å². The molecule has 1 aliphatic heterocycles. The number of aryl methyl sites for hydroxylation is 1. The molecule has 0 radical (unpaired) electrons. The average Bonchev–Trinajstić information content (AvgIpc) is 3.10. The number of likely N-dealkylation sites (tertiary alicyclic amines) is 1. The molecule has 0 bridgehead atoms. The molecule has 1 aromatic carbocycles. The van der Waals surface area contributed by atoms with Gasteiger partial charge in [-0.05, 0) is 31.2 Å². The van der Waals surface area contributed by atoms with Gasteiger partial charge in [-0.15, -0.1) is 0 Å². The van der Waals surface area contributed by atoms with Crippen molar-refractivity contribution in [3.05, 3.63) is 66.0 Å². The molecule has 25 heavy (non-hydrogen) atoms. The van der Waals surface area contributed by atoms with Crippen molar-refractivity contribution in [1.82, 2.24) is 14.9 Å². The Kier molecular flexibility index (Phi) is 4.06. The highest BCUT2D eigenvalue weighted by Crippen LogP contribution is 2.21. The first kappa shape index (κ1) is 15.6. The minimum atomic E-state index is -0.0328. The fraction of sp³-hybridized carbons (Fsp3) is 0.250. The van der Waals surface area contributed by atoms with Crippen molar-refractivity contribution < 1.29 is 9.53 Å². The first-order valence-corrected chi connectivity index (χ1v) is 8.44. The van der Waals surface area contributed by atoms with Gasteiger partial charge in [0.05, 0.1) is 17.6 Å². The SMILES string of the molecule is Cc1ncccc1C(=O)N1CC[C@H](Oc2ccc3ccccc3n2)C1. The maximum atomic E-state index is 12.7. The summed E-state index contributed by atoms with van der Waals surface area (Å²) in [5.41, 5.74) is 2.33. The van der Waals surface area contributed by atoms with Gasteiger partial charge in [-0.2, -0.15) is 0 Å². The highest BCUT2D eigenvalue weighted by Gasteiger charge is 2.29. The molecule has 4 rings (SSSR count). The van der Waals surface area contributed by atoms with E-state index in [4.69, 9.17) is 4.74 Å². The molecule has 3 aromatic rings. The number of rotatable bonds is 3. The molecule has 0 saturated carbocycles. The molecule has 1 saturated heterocycles. The summed E-state index contributed by atoms with van der Waals surface area (Å²) in [6, 6.07) is 15.5. The predicted molar refractivity (Wildman–Crippen MR) is 95.7 cm³/mol. The Bertz CT molecular complexity index is 925. The molecule has 3 heterocycles. The van der Waals surface area contributed by atoms with Crippen LogP contribution in [0.2, 0.25) is 0 Å². The number of carbonyl (C=O) groups is 1. The van der Waals surface area contributed by atoms with Crippen LogP contribution in [0.3, 0.4) is 0 Å². The molecule has 5 nitrogen and oxygen atoms in total. The fourth-order valence-corrected chi connectivity index (χ4v) is 3.17. The lowest BCUT2D eigenvalue weighted by molar-refractivity contribution is 0.0770. The lowest BCUT2D eigenvalue weighted by Gasteiger charge is -2.18. The number of nitrogens with zero attached hydrogens (tertiary/aromatic N) is 3. The highest BCUT2D eigenvalue weighted by molar-refractivity contribution is 5.95. The Morgan fingerprint density at radius 2 is 2.04 bits per heavy atom. The first-order valence-electron chi connectivity index (χ1n) is 8.44. The normalized spacial score (nSPS) is 17.0. The second-order valence-electron chi connectivity index (χ2n) is 6.26. The van der Waals surface area contributed by atoms with Crippen molar-refractivity contribution in [3.8, 4) is 5.88 Å². The molecule has 1 aliphatic rings. The smallest absolute Gasteiger partial charge is 0.255 e. The highest BCUT2D eigenvalue weighted by atomic mass is 16.5. The van der Waals surface area contributed by atoms with Crippen molar-refractivity contribution in [2.24, 2.45) is 0 Å². The third-order valence-electron chi connectivity index (χ3n) is 4.53. The number of amides is 1. The van der Waals surface area contributed by atoms with E-state index < -0.39 is 0 Å². The predicted octanol–water partition coefficient (Wildman–Crippen LogP) is 3.23. The van der Waals surface area contributed by atoms with Crippen molar-refractivity contribution in [2.75, 3.05) is 13.1 Å². The van der Waals surface area contributed by atoms with E-state index in [9.17, 15) is 4.79 Å². The zero-order chi connectivity index (χ0) is 17.2. The third-order valence-corrected chi connectivity index (χ3v) is 4.53. The maximum absolute atomic E-state index is 12.7. The Balaban J connectivity index is 1.45. The van der Waals surface area contributed by atoms with Crippen LogP contribution in [0.1, 0.15) is 22.5 Å². The second-order valence-corrected chi connectivity index (χ2v) is 6.26. The van der Waals surface area contributed by atoms with Gasteiger partial charge in [0.2, 0.25) is 5.88 Å². The van der Waals surface area contributed by atoms with Crippen LogP contribution in [-0.4, -0.2) is 40.0 Å². The lowest BCUT2D eigenvalue weighted by atomic mass is 10.2. The monoisotopic (exact) mass is 333 g/mol. The number of aromatic nitrogens is 2. The molecule has 1 amide bonds. The molecule has 5 heteroatoms. The minimum Gasteiger partial charge on any atom is -0.472 e. The topological polar surface area (TPSA) is 55.3 Å². The molecular formula is C20H19N3O2. The molecule has 1 fully saturated rings. The Morgan fingerprint density at radius 1 is 1.16 bits per heavy atom. The summed E-state index contributed by atoms with van der Waals surface area (Å²) in [5.74, 6) is 0.624. The lowest BCUT2D eigenvalue weighted by Crippen LogP contribution is -2.31. The number of para-hydroxylation sites is 1. The third kappa shape index (κ3) is 3.18. The zero-order valence-electron chi connectivity index (χ0n) is 14.1. The standard InChI is InChI=1S/C20H19N3O2/c1-14-17(6-4-11-21-14)20(24)23-12-10-16(13-23)25-19-9-8-15-5-2-3-7-18(15)22-19/h2-9,11,16H,10,12-13H2,1H3/t16-/m0/s1. The van der Waals surface area contributed by atoms with Crippen molar-refractivity contribution in [3.63, 3.8) is 0 Å². The molecule has 0 N–H and O–H groups in total. The molecule has 0 aliphatic carbocycles. The van der Waals surface area contributed by atoms with Gasteiger partial charge in [0.1, 0.15) is 6.10 Å². The van der Waals surface area contributed by atoms with Gasteiger partial charge in [0.25, 0.3) is 5.91 Å². The van der Waals surface area contributed by atoms with Gasteiger partial charge in [-0.25, -0.2) is 4.98 Å². The van der Waals surface area contributed by atoms with Crippen molar-refractivity contribution >= 4 is 16.8 Å². The number of benzene rings is 1. The number of hydrogen-bond acceptors (Lipinski definition) is 4. The second kappa shape index (κ2) is 6.51. The van der Waals surface area contributed by atoms with E-state index >= 15 is 0 Å². The summed E-state index contributed by atoms with van der Waals surface area (Å²) in [7, 11) is 0. The molecule has 1 atom stereocenters. The van der Waals surface area contributed by atoms with Crippen LogP contribution < -0.4 is 4.74 Å². The summed E-state index contributed by atoms with van der Waals surface area (Å²) >= 11 is 0. The Labute approximate surface area is 146 Å². The van der Waals surface area contributed by atoms with Crippen LogP contribution in [0.15, 0.2) is 54.7 Å². The number of hydrogen-bond donors (Lipinski definition) is 0. The Morgan fingerprint density at radius 3 is 2.92 bits per heavy atom. The van der Waals surface area contributed by atoms with Crippen LogP contribution in [0, 0.1) is 6.92 Å². The van der Waals surface area contributed by atoms with Crippen LogP contribution >= 0.6 is 0 Å². The Hall–Kier alpha value is -2.95. The van der Waals surface area contributed by atoms with E-state index in [1.165, 1.54) is 0 Å².